The lowest BCUT2D eigenvalue weighted by Crippen LogP contribution is -2.56. The highest BCUT2D eigenvalue weighted by atomic mass is 19.1. The highest BCUT2D eigenvalue weighted by Crippen LogP contribution is 2.25. The summed E-state index contributed by atoms with van der Waals surface area (Å²) >= 11 is 0. The SMILES string of the molecule is CC(=O)O[C@@H](C(=O)Nc1ccc(-c2noc(=O)[nH]2)c(F)c1)[C@H]1OCCN(c2cccc(C(=O)O)c2)C1=O. The van der Waals surface area contributed by atoms with E-state index in [0.717, 1.165) is 13.0 Å². The van der Waals surface area contributed by atoms with Crippen LogP contribution in [0, 0.1) is 5.82 Å². The maximum Gasteiger partial charge on any atom is 0.439 e. The molecule has 37 heavy (non-hydrogen) atoms. The Kier molecular flexibility index (Phi) is 7.11. The number of H-pyrrole nitrogens is 1. The van der Waals surface area contributed by atoms with E-state index in [9.17, 15) is 33.5 Å². The molecule has 2 atom stereocenters. The molecule has 2 heterocycles. The summed E-state index contributed by atoms with van der Waals surface area (Å²) in [5.41, 5.74) is 0.0421. The lowest BCUT2D eigenvalue weighted by Gasteiger charge is -2.35. The summed E-state index contributed by atoms with van der Waals surface area (Å²) in [6.45, 7) is 1.05. The van der Waals surface area contributed by atoms with Crippen molar-refractivity contribution in [2.24, 2.45) is 0 Å². The third-order valence-electron chi connectivity index (χ3n) is 5.28. The fourth-order valence-corrected chi connectivity index (χ4v) is 3.66. The number of carboxylic acids is 1. The van der Waals surface area contributed by atoms with Crippen molar-refractivity contribution in [1.82, 2.24) is 10.1 Å². The number of esters is 1. The number of morpholine rings is 1. The predicted molar refractivity (Wildman–Crippen MR) is 122 cm³/mol. The van der Waals surface area contributed by atoms with Crippen molar-refractivity contribution >= 4 is 35.1 Å². The Morgan fingerprint density at radius 3 is 2.68 bits per heavy atom. The molecule has 4 rings (SSSR count). The normalized spacial score (nSPS) is 16.2. The number of nitrogens with zero attached hydrogens (tertiary/aromatic N) is 2. The molecule has 0 radical (unpaired) electrons. The molecule has 3 aromatic rings. The number of carbonyl (C=O) groups excluding carboxylic acids is 3. The molecule has 1 aliphatic rings. The number of hydrogen-bond acceptors (Lipinski definition) is 9. The minimum Gasteiger partial charge on any atom is -0.478 e. The zero-order valence-corrected chi connectivity index (χ0v) is 19.1. The number of benzene rings is 2. The monoisotopic (exact) mass is 514 g/mol. The predicted octanol–water partition coefficient (Wildman–Crippen LogP) is 1.17. The number of aromatic carboxylic acids is 1. The van der Waals surface area contributed by atoms with Gasteiger partial charge in [-0.05, 0) is 36.4 Å². The first kappa shape index (κ1) is 25.2. The molecule has 0 bridgehead atoms. The molecule has 1 aromatic heterocycles. The van der Waals surface area contributed by atoms with E-state index in [2.05, 4.69) is 20.0 Å². The highest BCUT2D eigenvalue weighted by molar-refractivity contribution is 6.05. The van der Waals surface area contributed by atoms with Gasteiger partial charge in [-0.3, -0.25) is 23.9 Å². The third-order valence-corrected chi connectivity index (χ3v) is 5.28. The standard InChI is InChI=1S/C23H19FN4O9/c1-11(29)36-17(18-21(31)28(7-8-35-18)14-4-2-3-12(9-14)22(32)33)20(30)25-13-5-6-15(16(24)10-13)19-26-23(34)37-27-19/h2-6,9-10,17-18H,7-8H2,1H3,(H,25,30)(H,32,33)(H,26,27,34)/t17-,18-/m1/s1. The van der Waals surface area contributed by atoms with Gasteiger partial charge in [-0.1, -0.05) is 11.2 Å². The van der Waals surface area contributed by atoms with Gasteiger partial charge in [0.1, 0.15) is 5.82 Å². The highest BCUT2D eigenvalue weighted by Gasteiger charge is 2.42. The average molecular weight is 514 g/mol. The van der Waals surface area contributed by atoms with Gasteiger partial charge in [-0.2, -0.15) is 0 Å². The summed E-state index contributed by atoms with van der Waals surface area (Å²) in [4.78, 5) is 63.8. The van der Waals surface area contributed by atoms with Gasteiger partial charge in [0.15, 0.2) is 11.9 Å². The van der Waals surface area contributed by atoms with Crippen molar-refractivity contribution in [3.63, 3.8) is 0 Å². The van der Waals surface area contributed by atoms with Gasteiger partial charge in [0.05, 0.1) is 17.7 Å². The molecule has 192 valence electrons. The average Bonchev–Trinajstić information content (AvgIpc) is 3.28. The number of halogens is 1. The molecule has 0 unspecified atom stereocenters. The largest absolute Gasteiger partial charge is 0.478 e. The number of ether oxygens (including phenoxy) is 2. The van der Waals surface area contributed by atoms with Gasteiger partial charge >= 0.3 is 17.7 Å². The van der Waals surface area contributed by atoms with E-state index in [1.165, 1.54) is 41.3 Å². The van der Waals surface area contributed by atoms with Crippen LogP contribution < -0.4 is 16.0 Å². The molecule has 1 aliphatic heterocycles. The summed E-state index contributed by atoms with van der Waals surface area (Å²) in [5, 5.41) is 15.0. The van der Waals surface area contributed by atoms with Crippen LogP contribution in [0.5, 0.6) is 0 Å². The van der Waals surface area contributed by atoms with E-state index in [0.29, 0.717) is 0 Å². The van der Waals surface area contributed by atoms with E-state index in [-0.39, 0.29) is 41.5 Å². The number of rotatable bonds is 7. The van der Waals surface area contributed by atoms with Crippen LogP contribution in [0.3, 0.4) is 0 Å². The second kappa shape index (κ2) is 10.4. The van der Waals surface area contributed by atoms with Gasteiger partial charge in [0.25, 0.3) is 11.8 Å². The Balaban J connectivity index is 1.56. The van der Waals surface area contributed by atoms with Crippen molar-refractivity contribution in [3.05, 3.63) is 64.4 Å². The quantitative estimate of drug-likeness (QED) is 0.387. The number of amides is 2. The first-order valence-corrected chi connectivity index (χ1v) is 10.7. The van der Waals surface area contributed by atoms with Crippen LogP contribution in [-0.4, -0.2) is 64.4 Å². The second-order valence-electron chi connectivity index (χ2n) is 7.79. The number of aromatic amines is 1. The van der Waals surface area contributed by atoms with Crippen LogP contribution in [0.25, 0.3) is 11.4 Å². The van der Waals surface area contributed by atoms with Gasteiger partial charge < -0.3 is 24.8 Å². The Labute approximate surface area is 206 Å². The molecule has 3 N–H and O–H groups in total. The number of carboxylic acid groups (broad SMARTS) is 1. The van der Waals surface area contributed by atoms with Crippen LogP contribution in [0.4, 0.5) is 15.8 Å². The fourth-order valence-electron chi connectivity index (χ4n) is 3.66. The van der Waals surface area contributed by atoms with Crippen LogP contribution in [0.15, 0.2) is 51.8 Å². The molecule has 2 amide bonds. The number of anilines is 2. The number of carbonyl (C=O) groups is 4. The van der Waals surface area contributed by atoms with E-state index in [4.69, 9.17) is 9.47 Å². The molecule has 0 saturated carbocycles. The van der Waals surface area contributed by atoms with Gasteiger partial charge in [-0.25, -0.2) is 14.0 Å². The van der Waals surface area contributed by atoms with Crippen molar-refractivity contribution in [2.45, 2.75) is 19.1 Å². The molecule has 2 aromatic carbocycles. The van der Waals surface area contributed by atoms with Crippen LogP contribution in [0.2, 0.25) is 0 Å². The van der Waals surface area contributed by atoms with E-state index < -0.39 is 47.5 Å². The third kappa shape index (κ3) is 5.54. The second-order valence-corrected chi connectivity index (χ2v) is 7.79. The molecular formula is C23H19FN4O9. The Bertz CT molecular complexity index is 1430. The van der Waals surface area contributed by atoms with Crippen LogP contribution >= 0.6 is 0 Å². The van der Waals surface area contributed by atoms with E-state index >= 15 is 0 Å². The summed E-state index contributed by atoms with van der Waals surface area (Å²) in [6, 6.07) is 9.06. The maximum absolute atomic E-state index is 14.6. The minimum atomic E-state index is -1.75. The molecule has 0 aliphatic carbocycles. The molecule has 0 spiro atoms. The summed E-state index contributed by atoms with van der Waals surface area (Å²) < 4.78 is 29.5. The zero-order chi connectivity index (χ0) is 26.7. The molecular weight excluding hydrogens is 495 g/mol. The molecule has 14 heteroatoms. The van der Waals surface area contributed by atoms with Crippen molar-refractivity contribution in [2.75, 3.05) is 23.4 Å². The Morgan fingerprint density at radius 2 is 2.03 bits per heavy atom. The zero-order valence-electron chi connectivity index (χ0n) is 19.1. The van der Waals surface area contributed by atoms with E-state index in [1.807, 2.05) is 0 Å². The number of nitrogens with one attached hydrogen (secondary N) is 2. The fraction of sp³-hybridized carbons (Fsp3) is 0.217. The lowest BCUT2D eigenvalue weighted by molar-refractivity contribution is -0.167. The van der Waals surface area contributed by atoms with Crippen molar-refractivity contribution < 1.29 is 42.7 Å². The Morgan fingerprint density at radius 1 is 1.24 bits per heavy atom. The Hall–Kier alpha value is -4.85. The van der Waals surface area contributed by atoms with Gasteiger partial charge in [-0.15, -0.1) is 0 Å². The number of aromatic nitrogens is 2. The molecule has 1 saturated heterocycles. The van der Waals surface area contributed by atoms with E-state index in [1.54, 1.807) is 0 Å². The smallest absolute Gasteiger partial charge is 0.439 e. The number of hydrogen-bond donors (Lipinski definition) is 3. The van der Waals surface area contributed by atoms with Crippen molar-refractivity contribution in [1.29, 1.82) is 0 Å². The minimum absolute atomic E-state index is 0.0437. The van der Waals surface area contributed by atoms with Crippen molar-refractivity contribution in [3.8, 4) is 11.4 Å². The first-order valence-electron chi connectivity index (χ1n) is 10.7. The first-order chi connectivity index (χ1) is 17.6. The van der Waals surface area contributed by atoms with Crippen LogP contribution in [0.1, 0.15) is 17.3 Å². The summed E-state index contributed by atoms with van der Waals surface area (Å²) in [5.74, 6) is -5.69. The molecule has 1 fully saturated rings. The van der Waals surface area contributed by atoms with Crippen LogP contribution in [-0.2, 0) is 23.9 Å². The van der Waals surface area contributed by atoms with Gasteiger partial charge in [0.2, 0.25) is 6.10 Å². The lowest BCUT2D eigenvalue weighted by atomic mass is 10.1. The summed E-state index contributed by atoms with van der Waals surface area (Å²) in [7, 11) is 0. The molecule has 13 nitrogen and oxygen atoms in total. The summed E-state index contributed by atoms with van der Waals surface area (Å²) in [6.07, 6.45) is -3.31. The maximum atomic E-state index is 14.6. The van der Waals surface area contributed by atoms with Gasteiger partial charge in [0, 0.05) is 24.8 Å². The topological polar surface area (TPSA) is 181 Å².